The van der Waals surface area contributed by atoms with Gasteiger partial charge in [0.15, 0.2) is 0 Å². The van der Waals surface area contributed by atoms with Crippen molar-refractivity contribution in [2.24, 2.45) is 0 Å². The monoisotopic (exact) mass is 889 g/mol. The molecule has 299 valence electrons. The second-order valence-electron chi connectivity index (χ2n) is 17.3. The van der Waals surface area contributed by atoms with E-state index in [1.165, 1.54) is 89.0 Å². The summed E-state index contributed by atoms with van der Waals surface area (Å²) >= 11 is -3.14. The summed E-state index contributed by atoms with van der Waals surface area (Å²) in [7, 11) is -0.708. The number of rotatable bonds is 11. The van der Waals surface area contributed by atoms with Gasteiger partial charge in [0, 0.05) is 0 Å². The van der Waals surface area contributed by atoms with Gasteiger partial charge in [-0.05, 0) is 0 Å². The molecular weight excluding hydrogens is 840 g/mol. The van der Waals surface area contributed by atoms with Crippen LogP contribution in [-0.4, -0.2) is 9.52 Å². The Labute approximate surface area is 378 Å². The molecule has 1 heterocycles. The Hall–Kier alpha value is -5.66. The maximum atomic E-state index is 2.64. The molecular formula is C60H51SiZr. The summed E-state index contributed by atoms with van der Waals surface area (Å²) in [4.78, 5) is 0. The molecule has 2 unspecified atom stereocenters. The van der Waals surface area contributed by atoms with Crippen molar-refractivity contribution in [1.29, 1.82) is 0 Å². The Kier molecular flexibility index (Phi) is 10.7. The first-order valence-corrected chi connectivity index (χ1v) is 28.2. The molecule has 0 saturated carbocycles. The van der Waals surface area contributed by atoms with Gasteiger partial charge in [-0.1, -0.05) is 0 Å². The van der Waals surface area contributed by atoms with Crippen LogP contribution in [0.15, 0.2) is 188 Å². The van der Waals surface area contributed by atoms with Crippen molar-refractivity contribution < 1.29 is 21.8 Å². The van der Waals surface area contributed by atoms with E-state index in [1.807, 2.05) is 0 Å². The summed E-state index contributed by atoms with van der Waals surface area (Å²) in [5, 5.41) is 3.30. The molecule has 8 aromatic rings. The number of fused-ring (bicyclic) bond motifs is 5. The van der Waals surface area contributed by atoms with Crippen LogP contribution < -0.4 is 13.6 Å². The van der Waals surface area contributed by atoms with Crippen molar-refractivity contribution in [1.82, 2.24) is 0 Å². The molecule has 0 radical (unpaired) electrons. The second kappa shape index (κ2) is 16.9. The van der Waals surface area contributed by atoms with E-state index in [2.05, 4.69) is 214 Å². The predicted molar refractivity (Wildman–Crippen MR) is 265 cm³/mol. The molecule has 62 heavy (non-hydrogen) atoms. The molecule has 2 atom stereocenters. The first-order chi connectivity index (χ1) is 30.7. The van der Waals surface area contributed by atoms with Crippen molar-refractivity contribution in [3.8, 4) is 33.4 Å². The molecule has 2 aliphatic carbocycles. The van der Waals surface area contributed by atoms with E-state index in [0.29, 0.717) is 7.25 Å². The van der Waals surface area contributed by atoms with Crippen molar-refractivity contribution in [3.63, 3.8) is 0 Å². The zero-order valence-corrected chi connectivity index (χ0v) is 39.6. The average molecular weight is 891 g/mol. The van der Waals surface area contributed by atoms with Crippen molar-refractivity contribution in [3.05, 3.63) is 233 Å². The normalized spacial score (nSPS) is 16.0. The van der Waals surface area contributed by atoms with Crippen LogP contribution in [0.4, 0.5) is 0 Å². The minimum absolute atomic E-state index is 0.302. The van der Waals surface area contributed by atoms with E-state index >= 15 is 0 Å². The predicted octanol–water partition coefficient (Wildman–Crippen LogP) is 12.9. The second-order valence-corrected chi connectivity index (χ2v) is 25.6. The van der Waals surface area contributed by atoms with Gasteiger partial charge in [0.2, 0.25) is 0 Å². The van der Waals surface area contributed by atoms with Crippen LogP contribution in [0.2, 0.25) is 0 Å². The van der Waals surface area contributed by atoms with Crippen LogP contribution in [0, 0.1) is 0 Å². The van der Waals surface area contributed by atoms with Gasteiger partial charge in [0.05, 0.1) is 0 Å². The van der Waals surface area contributed by atoms with Crippen LogP contribution in [0.3, 0.4) is 0 Å². The number of allylic oxidation sites excluding steroid dienone is 2. The number of aryl methyl sites for hydroxylation is 2. The fourth-order valence-electron chi connectivity index (χ4n) is 11.2. The number of hydrogen-bond acceptors (Lipinski definition) is 0. The average Bonchev–Trinajstić information content (AvgIpc) is 4.03. The van der Waals surface area contributed by atoms with Gasteiger partial charge in [0.1, 0.15) is 0 Å². The van der Waals surface area contributed by atoms with Gasteiger partial charge in [0.25, 0.3) is 0 Å². The maximum absolute atomic E-state index is 3.14. The molecule has 8 aromatic carbocycles. The van der Waals surface area contributed by atoms with Gasteiger partial charge in [-0.15, -0.1) is 0 Å². The molecule has 0 spiro atoms. The summed E-state index contributed by atoms with van der Waals surface area (Å²) < 4.78 is 2.33. The van der Waals surface area contributed by atoms with Crippen LogP contribution in [-0.2, 0) is 34.6 Å². The number of benzene rings is 8. The van der Waals surface area contributed by atoms with E-state index in [1.54, 1.807) is 13.6 Å². The molecule has 0 amide bonds. The van der Waals surface area contributed by atoms with Crippen LogP contribution in [0.5, 0.6) is 0 Å². The molecule has 0 bridgehead atoms. The standard InChI is InChI=1S/2C24H21.C12H9Si.Zr/c2*1-2-9-19-12-6-7-14-22(19)23-15-8-13-20-16-21(17-24(20)23)18-10-4-3-5-11-18;1-3-7-11-9(5-1)10-6-2-4-8-12(10)13-11;/h2*3-8,10-17H,2,9H2,1H3;1-7H,13H2;. The Morgan fingerprint density at radius 3 is 1.37 bits per heavy atom. The molecule has 3 aliphatic rings. The van der Waals surface area contributed by atoms with Crippen LogP contribution in [0.25, 0.3) is 56.7 Å². The molecule has 11 rings (SSSR count). The van der Waals surface area contributed by atoms with Crippen LogP contribution in [0.1, 0.15) is 78.4 Å². The quantitative estimate of drug-likeness (QED) is 0.114. The van der Waals surface area contributed by atoms with Crippen molar-refractivity contribution in [2.75, 3.05) is 0 Å². The van der Waals surface area contributed by atoms with Gasteiger partial charge in [-0.3, -0.25) is 0 Å². The summed E-state index contributed by atoms with van der Waals surface area (Å²) in [6.07, 6.45) is 9.70. The molecule has 0 nitrogen and oxygen atoms in total. The molecule has 0 N–H and O–H groups in total. The Morgan fingerprint density at radius 1 is 0.403 bits per heavy atom. The third-order valence-electron chi connectivity index (χ3n) is 13.8. The third kappa shape index (κ3) is 6.75. The summed E-state index contributed by atoms with van der Waals surface area (Å²) in [5.41, 5.74) is 23.0. The molecule has 2 heteroatoms. The summed E-state index contributed by atoms with van der Waals surface area (Å²) in [6, 6.07) is 72.7. The Bertz CT molecular complexity index is 2870. The first-order valence-electron chi connectivity index (χ1n) is 22.8. The molecule has 0 fully saturated rings. The van der Waals surface area contributed by atoms with Crippen molar-refractivity contribution in [2.45, 2.75) is 46.8 Å². The molecule has 0 saturated heterocycles. The fraction of sp³-hybridized carbons (Fsp3) is 0.133. The van der Waals surface area contributed by atoms with E-state index in [0.717, 1.165) is 25.7 Å². The van der Waals surface area contributed by atoms with Gasteiger partial charge < -0.3 is 0 Å². The van der Waals surface area contributed by atoms with Gasteiger partial charge >= 0.3 is 381 Å². The zero-order valence-electron chi connectivity index (χ0n) is 35.7. The van der Waals surface area contributed by atoms with E-state index in [9.17, 15) is 0 Å². The Balaban J connectivity index is 1.21. The van der Waals surface area contributed by atoms with E-state index < -0.39 is 31.3 Å². The van der Waals surface area contributed by atoms with E-state index in [4.69, 9.17) is 0 Å². The zero-order chi connectivity index (χ0) is 41.6. The SMILES string of the molecule is CCCc1ccccc1-c1cccc2c1C=C(c1ccccc1)[CH]2[Zr]([c]1cccc2c1[SiH2]c1ccccc1-2)[CH]1C(c2ccccc2)=Cc2c(-c3ccccc3CCC)cccc21. The van der Waals surface area contributed by atoms with Gasteiger partial charge in [-0.2, -0.15) is 0 Å². The minimum atomic E-state index is -3.14. The first kappa shape index (κ1) is 39.2. The third-order valence-corrected chi connectivity index (χ3v) is 25.6. The Morgan fingerprint density at radius 2 is 0.839 bits per heavy atom. The summed E-state index contributed by atoms with van der Waals surface area (Å²) in [6.45, 7) is 4.61. The van der Waals surface area contributed by atoms with Crippen molar-refractivity contribution >= 4 is 46.5 Å². The number of hydrogen-bond donors (Lipinski definition) is 0. The summed E-state index contributed by atoms with van der Waals surface area (Å²) in [5.74, 6) is 0. The van der Waals surface area contributed by atoms with Gasteiger partial charge in [-0.25, -0.2) is 0 Å². The van der Waals surface area contributed by atoms with E-state index in [-0.39, 0.29) is 0 Å². The molecule has 1 aliphatic heterocycles. The molecule has 0 aromatic heterocycles. The fourth-order valence-corrected chi connectivity index (χ4v) is 25.0. The van der Waals surface area contributed by atoms with Crippen LogP contribution >= 0.6 is 0 Å². The topological polar surface area (TPSA) is 0 Å².